The zero-order valence-corrected chi connectivity index (χ0v) is 16.6. The summed E-state index contributed by atoms with van der Waals surface area (Å²) in [5.74, 6) is 1.57. The Morgan fingerprint density at radius 3 is 2.92 bits per heavy atom. The van der Waals surface area contributed by atoms with Gasteiger partial charge in [0, 0.05) is 63.4 Å². The van der Waals surface area contributed by atoms with E-state index in [1.807, 2.05) is 19.2 Å². The Morgan fingerprint density at radius 1 is 1.42 bits per heavy atom. The summed E-state index contributed by atoms with van der Waals surface area (Å²) < 4.78 is 10.9. The Bertz CT molecular complexity index is 617. The van der Waals surface area contributed by atoms with Crippen molar-refractivity contribution in [2.24, 2.45) is 10.9 Å². The van der Waals surface area contributed by atoms with Gasteiger partial charge in [-0.25, -0.2) is 0 Å². The number of guanidine groups is 1. The molecule has 0 bridgehead atoms. The van der Waals surface area contributed by atoms with E-state index in [0.29, 0.717) is 5.92 Å². The number of halogens is 1. The first-order chi connectivity index (χ1) is 12.7. The van der Waals surface area contributed by atoms with Gasteiger partial charge < -0.3 is 19.7 Å². The molecule has 1 N–H and O–H groups in total. The standard InChI is InChI=1S/C20H30ClN3O2/c1-22-19(24-9-6-16(13-24)14-25-2)23-15-20(7-10-26-11-8-20)17-4-3-5-18(21)12-17/h3-5,12,16H,6-11,13-15H2,1-2H3,(H,22,23). The SMILES string of the molecule is CN=C(NCC1(c2cccc(Cl)c2)CCOCC1)N1CCC(COC)C1. The minimum absolute atomic E-state index is 0.0325. The molecule has 6 heteroatoms. The first-order valence-electron chi connectivity index (χ1n) is 9.45. The van der Waals surface area contributed by atoms with Crippen LogP contribution in [-0.2, 0) is 14.9 Å². The summed E-state index contributed by atoms with van der Waals surface area (Å²) in [6.45, 7) is 5.26. The van der Waals surface area contributed by atoms with Gasteiger partial charge in [-0.1, -0.05) is 23.7 Å². The van der Waals surface area contributed by atoms with E-state index in [4.69, 9.17) is 21.1 Å². The lowest BCUT2D eigenvalue weighted by atomic mass is 9.74. The fraction of sp³-hybridized carbons (Fsp3) is 0.650. The van der Waals surface area contributed by atoms with Crippen molar-refractivity contribution in [3.05, 3.63) is 34.9 Å². The van der Waals surface area contributed by atoms with Crippen LogP contribution < -0.4 is 5.32 Å². The summed E-state index contributed by atoms with van der Waals surface area (Å²) in [4.78, 5) is 6.87. The third kappa shape index (κ3) is 4.51. The molecule has 0 saturated carbocycles. The van der Waals surface area contributed by atoms with E-state index in [1.54, 1.807) is 7.11 Å². The molecule has 0 amide bonds. The maximum atomic E-state index is 6.27. The normalized spacial score (nSPS) is 23.3. The molecule has 0 aromatic heterocycles. The van der Waals surface area contributed by atoms with Gasteiger partial charge >= 0.3 is 0 Å². The van der Waals surface area contributed by atoms with Crippen LogP contribution in [0.3, 0.4) is 0 Å². The number of hydrogen-bond acceptors (Lipinski definition) is 3. The third-order valence-electron chi connectivity index (χ3n) is 5.67. The van der Waals surface area contributed by atoms with Crippen LogP contribution in [0, 0.1) is 5.92 Å². The lowest BCUT2D eigenvalue weighted by molar-refractivity contribution is 0.0512. The first-order valence-corrected chi connectivity index (χ1v) is 9.83. The van der Waals surface area contributed by atoms with Crippen molar-refractivity contribution >= 4 is 17.6 Å². The fourth-order valence-corrected chi connectivity index (χ4v) is 4.32. The summed E-state index contributed by atoms with van der Waals surface area (Å²) in [6.07, 6.45) is 3.13. The van der Waals surface area contributed by atoms with E-state index in [1.165, 1.54) is 5.56 Å². The van der Waals surface area contributed by atoms with E-state index in [9.17, 15) is 0 Å². The van der Waals surface area contributed by atoms with Gasteiger partial charge in [-0.2, -0.15) is 0 Å². The largest absolute Gasteiger partial charge is 0.384 e. The van der Waals surface area contributed by atoms with Crippen molar-refractivity contribution in [3.8, 4) is 0 Å². The second-order valence-corrected chi connectivity index (χ2v) is 7.80. The van der Waals surface area contributed by atoms with Crippen molar-refractivity contribution < 1.29 is 9.47 Å². The highest BCUT2D eigenvalue weighted by atomic mass is 35.5. The van der Waals surface area contributed by atoms with Crippen molar-refractivity contribution in [2.45, 2.75) is 24.7 Å². The smallest absolute Gasteiger partial charge is 0.193 e. The van der Waals surface area contributed by atoms with Crippen LogP contribution in [0.5, 0.6) is 0 Å². The van der Waals surface area contributed by atoms with Crippen molar-refractivity contribution in [1.82, 2.24) is 10.2 Å². The molecule has 0 aliphatic carbocycles. The van der Waals surface area contributed by atoms with E-state index in [0.717, 1.165) is 69.7 Å². The van der Waals surface area contributed by atoms with Crippen LogP contribution in [0.2, 0.25) is 5.02 Å². The predicted molar refractivity (Wildman–Crippen MR) is 106 cm³/mol. The number of nitrogens with one attached hydrogen (secondary N) is 1. The van der Waals surface area contributed by atoms with Crippen LogP contribution >= 0.6 is 11.6 Å². The van der Waals surface area contributed by atoms with Crippen LogP contribution in [0.1, 0.15) is 24.8 Å². The van der Waals surface area contributed by atoms with Crippen LogP contribution in [-0.4, -0.2) is 64.5 Å². The average molecular weight is 380 g/mol. The Kier molecular flexibility index (Phi) is 6.79. The Labute approximate surface area is 161 Å². The Balaban J connectivity index is 1.69. The van der Waals surface area contributed by atoms with Crippen LogP contribution in [0.4, 0.5) is 0 Å². The fourth-order valence-electron chi connectivity index (χ4n) is 4.13. The summed E-state index contributed by atoms with van der Waals surface area (Å²) in [7, 11) is 3.64. The molecule has 2 fully saturated rings. The number of benzene rings is 1. The van der Waals surface area contributed by atoms with E-state index in [2.05, 4.69) is 27.3 Å². The zero-order chi connectivity index (χ0) is 18.4. The minimum Gasteiger partial charge on any atom is -0.384 e. The molecule has 2 aliphatic rings. The monoisotopic (exact) mass is 379 g/mol. The zero-order valence-electron chi connectivity index (χ0n) is 15.8. The van der Waals surface area contributed by atoms with Crippen molar-refractivity contribution in [3.63, 3.8) is 0 Å². The maximum Gasteiger partial charge on any atom is 0.193 e. The van der Waals surface area contributed by atoms with Gasteiger partial charge in [0.25, 0.3) is 0 Å². The van der Waals surface area contributed by atoms with Gasteiger partial charge in [0.2, 0.25) is 0 Å². The molecule has 1 aromatic carbocycles. The molecule has 2 heterocycles. The molecule has 1 aromatic rings. The van der Waals surface area contributed by atoms with Crippen LogP contribution in [0.25, 0.3) is 0 Å². The molecule has 3 rings (SSSR count). The van der Waals surface area contributed by atoms with Gasteiger partial charge in [-0.15, -0.1) is 0 Å². The second-order valence-electron chi connectivity index (χ2n) is 7.36. The molecule has 26 heavy (non-hydrogen) atoms. The molecule has 1 atom stereocenters. The molecule has 144 valence electrons. The molecule has 0 radical (unpaired) electrons. The van der Waals surface area contributed by atoms with Gasteiger partial charge in [-0.05, 0) is 37.0 Å². The highest BCUT2D eigenvalue weighted by Crippen LogP contribution is 2.35. The molecule has 0 spiro atoms. The number of ether oxygens (including phenoxy) is 2. The predicted octanol–water partition coefficient (Wildman–Crippen LogP) is 2.93. The van der Waals surface area contributed by atoms with E-state index < -0.39 is 0 Å². The van der Waals surface area contributed by atoms with Gasteiger partial charge in [0.15, 0.2) is 5.96 Å². The van der Waals surface area contributed by atoms with Crippen molar-refractivity contribution in [2.75, 3.05) is 53.6 Å². The number of nitrogens with zero attached hydrogens (tertiary/aromatic N) is 2. The number of rotatable bonds is 5. The molecule has 1 unspecified atom stereocenters. The summed E-state index contributed by atoms with van der Waals surface area (Å²) >= 11 is 6.27. The lowest BCUT2D eigenvalue weighted by Crippen LogP contribution is -2.49. The molecule has 5 nitrogen and oxygen atoms in total. The summed E-state index contributed by atoms with van der Waals surface area (Å²) in [5, 5.41) is 4.43. The highest BCUT2D eigenvalue weighted by molar-refractivity contribution is 6.30. The molecular formula is C20H30ClN3O2. The first kappa shape index (κ1) is 19.5. The maximum absolute atomic E-state index is 6.27. The van der Waals surface area contributed by atoms with Gasteiger partial charge in [0.05, 0.1) is 6.61 Å². The lowest BCUT2D eigenvalue weighted by Gasteiger charge is -2.39. The quantitative estimate of drug-likeness (QED) is 0.631. The number of aliphatic imine (C=N–C) groups is 1. The van der Waals surface area contributed by atoms with Crippen LogP contribution in [0.15, 0.2) is 29.3 Å². The Hall–Kier alpha value is -1.30. The molecular weight excluding hydrogens is 350 g/mol. The van der Waals surface area contributed by atoms with E-state index >= 15 is 0 Å². The molecule has 2 aliphatic heterocycles. The molecule has 2 saturated heterocycles. The van der Waals surface area contributed by atoms with Crippen molar-refractivity contribution in [1.29, 1.82) is 0 Å². The van der Waals surface area contributed by atoms with E-state index in [-0.39, 0.29) is 5.41 Å². The summed E-state index contributed by atoms with van der Waals surface area (Å²) in [5.41, 5.74) is 1.32. The summed E-state index contributed by atoms with van der Waals surface area (Å²) in [6, 6.07) is 8.26. The van der Waals surface area contributed by atoms with Gasteiger partial charge in [-0.3, -0.25) is 4.99 Å². The third-order valence-corrected chi connectivity index (χ3v) is 5.91. The Morgan fingerprint density at radius 2 is 2.23 bits per heavy atom. The number of methoxy groups -OCH3 is 1. The highest BCUT2D eigenvalue weighted by Gasteiger charge is 2.35. The number of hydrogen-bond donors (Lipinski definition) is 1. The number of likely N-dealkylation sites (tertiary alicyclic amines) is 1. The second kappa shape index (κ2) is 9.07. The minimum atomic E-state index is 0.0325. The average Bonchev–Trinajstić information content (AvgIpc) is 3.12. The van der Waals surface area contributed by atoms with Gasteiger partial charge in [0.1, 0.15) is 0 Å². The topological polar surface area (TPSA) is 46.1 Å².